The molecule has 1 saturated heterocycles. The Morgan fingerprint density at radius 1 is 1.33 bits per heavy atom. The number of rotatable bonds is 3. The molecule has 1 aliphatic rings. The summed E-state index contributed by atoms with van der Waals surface area (Å²) < 4.78 is 1.99. The van der Waals surface area contributed by atoms with Gasteiger partial charge in [-0.1, -0.05) is 12.1 Å². The normalized spacial score (nSPS) is 18.2. The highest BCUT2D eigenvalue weighted by Gasteiger charge is 2.30. The number of carbonyl (C=O) groups is 1. The van der Waals surface area contributed by atoms with E-state index in [1.54, 1.807) is 0 Å². The Labute approximate surface area is 139 Å². The van der Waals surface area contributed by atoms with Crippen LogP contribution in [0.5, 0.6) is 0 Å². The molecule has 0 bridgehead atoms. The summed E-state index contributed by atoms with van der Waals surface area (Å²) in [7, 11) is 0. The standard InChI is InChI=1S/C17H20N6O/c1-12-20-13-6-2-3-7-14(13)23(12)10-16(24)22-9-5-4-8-15(22)17-18-11-19-21-17/h2-3,6-7,11,15H,4-5,8-10H2,1H3,(H,18,19,21)/t15-/m1/s1. The van der Waals surface area contributed by atoms with Gasteiger partial charge in [0.25, 0.3) is 0 Å². The third kappa shape index (κ3) is 2.55. The molecule has 0 spiro atoms. The fraction of sp³-hybridized carbons (Fsp3) is 0.412. The largest absolute Gasteiger partial charge is 0.331 e. The van der Waals surface area contributed by atoms with Gasteiger partial charge in [-0.2, -0.15) is 5.10 Å². The number of nitrogens with one attached hydrogen (secondary N) is 1. The third-order valence-corrected chi connectivity index (χ3v) is 4.71. The Balaban J connectivity index is 1.61. The monoisotopic (exact) mass is 324 g/mol. The van der Waals surface area contributed by atoms with Gasteiger partial charge in [0.1, 0.15) is 24.5 Å². The number of benzene rings is 1. The topological polar surface area (TPSA) is 79.7 Å². The average Bonchev–Trinajstić information content (AvgIpc) is 3.24. The summed E-state index contributed by atoms with van der Waals surface area (Å²) in [6.45, 7) is 3.00. The molecule has 0 aliphatic carbocycles. The molecule has 4 rings (SSSR count). The van der Waals surface area contributed by atoms with E-state index in [0.717, 1.165) is 48.5 Å². The Morgan fingerprint density at radius 3 is 3.04 bits per heavy atom. The minimum absolute atomic E-state index is 0.0103. The van der Waals surface area contributed by atoms with Crippen molar-refractivity contribution in [1.29, 1.82) is 0 Å². The van der Waals surface area contributed by atoms with Crippen LogP contribution < -0.4 is 0 Å². The summed E-state index contributed by atoms with van der Waals surface area (Å²) in [5, 5.41) is 6.85. The number of aryl methyl sites for hydroxylation is 1. The van der Waals surface area contributed by atoms with E-state index in [-0.39, 0.29) is 11.9 Å². The van der Waals surface area contributed by atoms with Gasteiger partial charge >= 0.3 is 0 Å². The number of piperidine rings is 1. The minimum Gasteiger partial charge on any atom is -0.331 e. The van der Waals surface area contributed by atoms with E-state index < -0.39 is 0 Å². The second-order valence-corrected chi connectivity index (χ2v) is 6.20. The molecule has 0 saturated carbocycles. The van der Waals surface area contributed by atoms with Gasteiger partial charge in [-0.3, -0.25) is 9.89 Å². The summed E-state index contributed by atoms with van der Waals surface area (Å²) in [6.07, 6.45) is 4.55. The van der Waals surface area contributed by atoms with E-state index in [1.807, 2.05) is 40.7 Å². The molecule has 0 radical (unpaired) electrons. The SMILES string of the molecule is Cc1nc2ccccc2n1CC(=O)N1CCCC[C@@H]1c1ncn[nH]1. The fourth-order valence-electron chi connectivity index (χ4n) is 3.51. The number of hydrogen-bond acceptors (Lipinski definition) is 4. The zero-order chi connectivity index (χ0) is 16.5. The molecule has 1 aromatic carbocycles. The Bertz CT molecular complexity index is 853. The van der Waals surface area contributed by atoms with Crippen LogP contribution in [0.4, 0.5) is 0 Å². The predicted molar refractivity (Wildman–Crippen MR) is 89.2 cm³/mol. The molecule has 3 heterocycles. The number of para-hydroxylation sites is 2. The highest BCUT2D eigenvalue weighted by Crippen LogP contribution is 2.29. The number of nitrogens with zero attached hydrogens (tertiary/aromatic N) is 5. The summed E-state index contributed by atoms with van der Waals surface area (Å²) in [5.74, 6) is 1.73. The van der Waals surface area contributed by atoms with Crippen LogP contribution >= 0.6 is 0 Å². The summed E-state index contributed by atoms with van der Waals surface area (Å²) in [5.41, 5.74) is 1.92. The van der Waals surface area contributed by atoms with Crippen molar-refractivity contribution in [3.63, 3.8) is 0 Å². The molecule has 1 aliphatic heterocycles. The lowest BCUT2D eigenvalue weighted by atomic mass is 10.0. The maximum absolute atomic E-state index is 13.0. The van der Waals surface area contributed by atoms with Crippen molar-refractivity contribution in [2.24, 2.45) is 0 Å². The van der Waals surface area contributed by atoms with Gasteiger partial charge in [0, 0.05) is 6.54 Å². The molecule has 7 heteroatoms. The summed E-state index contributed by atoms with van der Waals surface area (Å²) >= 11 is 0. The number of aromatic nitrogens is 5. The van der Waals surface area contributed by atoms with Crippen molar-refractivity contribution < 1.29 is 4.79 Å². The maximum atomic E-state index is 13.0. The van der Waals surface area contributed by atoms with Gasteiger partial charge in [-0.05, 0) is 38.3 Å². The smallest absolute Gasteiger partial charge is 0.243 e. The molecule has 1 atom stereocenters. The van der Waals surface area contributed by atoms with Crippen LogP contribution in [-0.4, -0.2) is 42.1 Å². The van der Waals surface area contributed by atoms with Crippen molar-refractivity contribution in [3.05, 3.63) is 42.2 Å². The molecule has 7 nitrogen and oxygen atoms in total. The zero-order valence-electron chi connectivity index (χ0n) is 13.6. The van der Waals surface area contributed by atoms with Gasteiger partial charge in [-0.25, -0.2) is 9.97 Å². The average molecular weight is 324 g/mol. The van der Waals surface area contributed by atoms with Gasteiger partial charge in [-0.15, -0.1) is 0 Å². The van der Waals surface area contributed by atoms with Crippen molar-refractivity contribution in [2.45, 2.75) is 38.8 Å². The maximum Gasteiger partial charge on any atom is 0.243 e. The molecule has 24 heavy (non-hydrogen) atoms. The Hall–Kier alpha value is -2.70. The molecule has 1 N–H and O–H groups in total. The number of likely N-dealkylation sites (tertiary alicyclic amines) is 1. The second kappa shape index (κ2) is 6.07. The van der Waals surface area contributed by atoms with E-state index in [2.05, 4.69) is 20.2 Å². The number of hydrogen-bond donors (Lipinski definition) is 1. The quantitative estimate of drug-likeness (QED) is 0.801. The molecule has 124 valence electrons. The minimum atomic E-state index is -0.0103. The molecular formula is C17H20N6O. The van der Waals surface area contributed by atoms with Crippen LogP contribution in [-0.2, 0) is 11.3 Å². The van der Waals surface area contributed by atoms with Crippen LogP contribution in [0, 0.1) is 6.92 Å². The fourth-order valence-corrected chi connectivity index (χ4v) is 3.51. The molecule has 0 unspecified atom stereocenters. The highest BCUT2D eigenvalue weighted by molar-refractivity contribution is 5.81. The molecule has 1 fully saturated rings. The number of amides is 1. The number of H-pyrrole nitrogens is 1. The second-order valence-electron chi connectivity index (χ2n) is 6.20. The zero-order valence-corrected chi connectivity index (χ0v) is 13.6. The van der Waals surface area contributed by atoms with E-state index in [4.69, 9.17) is 0 Å². The van der Waals surface area contributed by atoms with Crippen LogP contribution in [0.1, 0.15) is 37.0 Å². The lowest BCUT2D eigenvalue weighted by Gasteiger charge is -2.34. The van der Waals surface area contributed by atoms with Crippen molar-refractivity contribution >= 4 is 16.9 Å². The summed E-state index contributed by atoms with van der Waals surface area (Å²) in [6, 6.07) is 7.91. The van der Waals surface area contributed by atoms with Gasteiger partial charge < -0.3 is 9.47 Å². The van der Waals surface area contributed by atoms with Gasteiger partial charge in [0.15, 0.2) is 0 Å². The first kappa shape index (κ1) is 14.9. The first-order valence-corrected chi connectivity index (χ1v) is 8.30. The molecular weight excluding hydrogens is 304 g/mol. The molecule has 2 aromatic heterocycles. The number of imidazole rings is 1. The number of fused-ring (bicyclic) bond motifs is 1. The lowest BCUT2D eigenvalue weighted by Crippen LogP contribution is -2.40. The predicted octanol–water partition coefficient (Wildman–Crippen LogP) is 2.22. The van der Waals surface area contributed by atoms with E-state index in [9.17, 15) is 4.79 Å². The molecule has 3 aromatic rings. The molecule has 1 amide bonds. The van der Waals surface area contributed by atoms with Gasteiger partial charge in [0.2, 0.25) is 5.91 Å². The lowest BCUT2D eigenvalue weighted by molar-refractivity contribution is -0.135. The van der Waals surface area contributed by atoms with E-state index in [1.165, 1.54) is 6.33 Å². The number of carbonyl (C=O) groups excluding carboxylic acids is 1. The van der Waals surface area contributed by atoms with Crippen LogP contribution in [0.25, 0.3) is 11.0 Å². The van der Waals surface area contributed by atoms with Crippen molar-refractivity contribution in [1.82, 2.24) is 29.6 Å². The van der Waals surface area contributed by atoms with Crippen LogP contribution in [0.3, 0.4) is 0 Å². The highest BCUT2D eigenvalue weighted by atomic mass is 16.2. The summed E-state index contributed by atoms with van der Waals surface area (Å²) in [4.78, 5) is 23.7. The third-order valence-electron chi connectivity index (χ3n) is 4.71. The van der Waals surface area contributed by atoms with Crippen molar-refractivity contribution in [3.8, 4) is 0 Å². The first-order chi connectivity index (χ1) is 11.7. The Morgan fingerprint density at radius 2 is 2.21 bits per heavy atom. The van der Waals surface area contributed by atoms with Crippen LogP contribution in [0.15, 0.2) is 30.6 Å². The van der Waals surface area contributed by atoms with E-state index in [0.29, 0.717) is 6.54 Å². The van der Waals surface area contributed by atoms with E-state index >= 15 is 0 Å². The van der Waals surface area contributed by atoms with Crippen molar-refractivity contribution in [2.75, 3.05) is 6.54 Å². The van der Waals surface area contributed by atoms with Gasteiger partial charge in [0.05, 0.1) is 17.1 Å². The Kier molecular flexibility index (Phi) is 3.76. The first-order valence-electron chi connectivity index (χ1n) is 8.30. The number of aromatic amines is 1. The van der Waals surface area contributed by atoms with Crippen LogP contribution in [0.2, 0.25) is 0 Å².